The fourth-order valence-electron chi connectivity index (χ4n) is 2.66. The lowest BCUT2D eigenvalue weighted by atomic mass is 9.88. The minimum atomic E-state index is -0.592. The van der Waals surface area contributed by atoms with Crippen molar-refractivity contribution in [3.8, 4) is 0 Å². The van der Waals surface area contributed by atoms with Gasteiger partial charge in [0.25, 0.3) is 0 Å². The van der Waals surface area contributed by atoms with Crippen LogP contribution in [0.3, 0.4) is 0 Å². The molecule has 1 aromatic rings. The predicted molar refractivity (Wildman–Crippen MR) is 68.8 cm³/mol. The Morgan fingerprint density at radius 3 is 2.78 bits per heavy atom. The summed E-state index contributed by atoms with van der Waals surface area (Å²) in [5.41, 5.74) is 6.70. The normalized spacial score (nSPS) is 21.5. The van der Waals surface area contributed by atoms with Gasteiger partial charge in [-0.15, -0.1) is 0 Å². The molecule has 1 saturated carbocycles. The summed E-state index contributed by atoms with van der Waals surface area (Å²) in [5, 5.41) is 10.2. The second-order valence-electron chi connectivity index (χ2n) is 5.55. The Balaban J connectivity index is 1.57. The van der Waals surface area contributed by atoms with Crippen molar-refractivity contribution in [2.24, 2.45) is 5.92 Å². The number of rotatable bonds is 3. The summed E-state index contributed by atoms with van der Waals surface area (Å²) >= 11 is 0. The van der Waals surface area contributed by atoms with Gasteiger partial charge >= 0.3 is 0 Å². The van der Waals surface area contributed by atoms with Crippen LogP contribution in [0.1, 0.15) is 18.4 Å². The van der Waals surface area contributed by atoms with Gasteiger partial charge in [0.2, 0.25) is 5.91 Å². The predicted octanol–water partition coefficient (Wildman–Crippen LogP) is 0.795. The summed E-state index contributed by atoms with van der Waals surface area (Å²) in [6.07, 6.45) is 2.58. The third-order valence-electron chi connectivity index (χ3n) is 3.93. The molecule has 1 aromatic carbocycles. The van der Waals surface area contributed by atoms with E-state index in [4.69, 9.17) is 5.73 Å². The lowest BCUT2D eigenvalue weighted by molar-refractivity contribution is -0.158. The van der Waals surface area contributed by atoms with Gasteiger partial charge in [-0.05, 0) is 36.5 Å². The molecule has 4 heteroatoms. The average Bonchev–Trinajstić information content (AvgIpc) is 3.08. The first-order valence-electron chi connectivity index (χ1n) is 6.41. The summed E-state index contributed by atoms with van der Waals surface area (Å²) in [6, 6.07) is 7.39. The molecule has 1 heterocycles. The maximum absolute atomic E-state index is 12.0. The Morgan fingerprint density at radius 2 is 2.17 bits per heavy atom. The SMILES string of the molecule is Nc1cccc(CC(=O)N2CC(O)(C3CC3)C2)c1. The van der Waals surface area contributed by atoms with Gasteiger partial charge in [-0.25, -0.2) is 0 Å². The molecular weight excluding hydrogens is 228 g/mol. The van der Waals surface area contributed by atoms with Crippen LogP contribution in [0.15, 0.2) is 24.3 Å². The van der Waals surface area contributed by atoms with Crippen molar-refractivity contribution in [2.45, 2.75) is 24.9 Å². The van der Waals surface area contributed by atoms with E-state index in [1.165, 1.54) is 0 Å². The quantitative estimate of drug-likeness (QED) is 0.775. The first-order valence-corrected chi connectivity index (χ1v) is 6.41. The molecule has 3 rings (SSSR count). The van der Waals surface area contributed by atoms with E-state index in [1.807, 2.05) is 24.3 Å². The lowest BCUT2D eigenvalue weighted by Gasteiger charge is -2.47. The highest BCUT2D eigenvalue weighted by Crippen LogP contribution is 2.44. The number of nitrogens with two attached hydrogens (primary N) is 1. The number of β-amino-alcohol motifs (C(OH)–C–C–N with tert-alkyl or cyclic N) is 1. The van der Waals surface area contributed by atoms with Gasteiger partial charge in [0.05, 0.1) is 19.5 Å². The van der Waals surface area contributed by atoms with Gasteiger partial charge in [-0.3, -0.25) is 4.79 Å². The third kappa shape index (κ3) is 2.08. The van der Waals surface area contributed by atoms with Gasteiger partial charge in [-0.1, -0.05) is 12.1 Å². The number of likely N-dealkylation sites (tertiary alicyclic amines) is 1. The monoisotopic (exact) mass is 246 g/mol. The minimum absolute atomic E-state index is 0.0749. The number of amides is 1. The van der Waals surface area contributed by atoms with Crippen LogP contribution in [0.5, 0.6) is 0 Å². The van der Waals surface area contributed by atoms with E-state index in [9.17, 15) is 9.90 Å². The van der Waals surface area contributed by atoms with E-state index < -0.39 is 5.60 Å². The number of hydrogen-bond donors (Lipinski definition) is 2. The second-order valence-corrected chi connectivity index (χ2v) is 5.55. The molecule has 0 atom stereocenters. The zero-order valence-corrected chi connectivity index (χ0v) is 10.3. The lowest BCUT2D eigenvalue weighted by Crippen LogP contribution is -2.65. The summed E-state index contributed by atoms with van der Waals surface area (Å²) in [4.78, 5) is 13.7. The summed E-state index contributed by atoms with van der Waals surface area (Å²) in [6.45, 7) is 0.998. The number of carbonyl (C=O) groups excluding carboxylic acids is 1. The highest BCUT2D eigenvalue weighted by atomic mass is 16.3. The van der Waals surface area contributed by atoms with Crippen LogP contribution in [-0.4, -0.2) is 34.6 Å². The molecule has 1 saturated heterocycles. The number of benzene rings is 1. The summed E-state index contributed by atoms with van der Waals surface area (Å²) < 4.78 is 0. The van der Waals surface area contributed by atoms with Crippen LogP contribution in [0.4, 0.5) is 5.69 Å². The topological polar surface area (TPSA) is 66.6 Å². The van der Waals surface area contributed by atoms with Crippen LogP contribution < -0.4 is 5.73 Å². The van der Waals surface area contributed by atoms with E-state index in [2.05, 4.69) is 0 Å². The molecule has 4 nitrogen and oxygen atoms in total. The highest BCUT2D eigenvalue weighted by Gasteiger charge is 2.53. The molecule has 3 N–H and O–H groups in total. The van der Waals surface area contributed by atoms with E-state index in [1.54, 1.807) is 4.90 Å². The van der Waals surface area contributed by atoms with Crippen molar-refractivity contribution in [1.29, 1.82) is 0 Å². The highest BCUT2D eigenvalue weighted by molar-refractivity contribution is 5.80. The molecular formula is C14H18N2O2. The fraction of sp³-hybridized carbons (Fsp3) is 0.500. The number of nitrogens with zero attached hydrogens (tertiary/aromatic N) is 1. The van der Waals surface area contributed by atoms with Crippen LogP contribution in [0.25, 0.3) is 0 Å². The summed E-state index contributed by atoms with van der Waals surface area (Å²) in [7, 11) is 0. The Labute approximate surface area is 106 Å². The number of carbonyl (C=O) groups is 1. The van der Waals surface area contributed by atoms with Gasteiger partial charge in [0.1, 0.15) is 5.60 Å². The number of aliphatic hydroxyl groups is 1. The van der Waals surface area contributed by atoms with E-state index in [0.717, 1.165) is 18.4 Å². The van der Waals surface area contributed by atoms with Crippen LogP contribution in [0.2, 0.25) is 0 Å². The van der Waals surface area contributed by atoms with Crippen molar-refractivity contribution in [3.05, 3.63) is 29.8 Å². The number of nitrogen functional groups attached to an aromatic ring is 1. The summed E-state index contributed by atoms with van der Waals surface area (Å²) in [5.74, 6) is 0.500. The first kappa shape index (κ1) is 11.5. The molecule has 18 heavy (non-hydrogen) atoms. The molecule has 2 fully saturated rings. The van der Waals surface area contributed by atoms with Crippen LogP contribution in [0, 0.1) is 5.92 Å². The molecule has 1 aliphatic carbocycles. The standard InChI is InChI=1S/C14H18N2O2/c15-12-3-1-2-10(6-12)7-13(17)16-8-14(18,9-16)11-4-5-11/h1-3,6,11,18H,4-5,7-9,15H2. The Morgan fingerprint density at radius 1 is 1.44 bits per heavy atom. The Hall–Kier alpha value is -1.55. The van der Waals surface area contributed by atoms with E-state index in [-0.39, 0.29) is 5.91 Å². The second kappa shape index (κ2) is 3.99. The fourth-order valence-corrected chi connectivity index (χ4v) is 2.66. The van der Waals surface area contributed by atoms with Crippen LogP contribution in [-0.2, 0) is 11.2 Å². The van der Waals surface area contributed by atoms with Crippen molar-refractivity contribution in [2.75, 3.05) is 18.8 Å². The largest absolute Gasteiger partial charge is 0.399 e. The zero-order valence-electron chi connectivity index (χ0n) is 10.3. The van der Waals surface area contributed by atoms with Crippen molar-refractivity contribution < 1.29 is 9.90 Å². The number of hydrogen-bond acceptors (Lipinski definition) is 3. The molecule has 0 unspecified atom stereocenters. The van der Waals surface area contributed by atoms with Gasteiger partial charge in [0, 0.05) is 5.69 Å². The van der Waals surface area contributed by atoms with Gasteiger partial charge < -0.3 is 15.7 Å². The van der Waals surface area contributed by atoms with E-state index in [0.29, 0.717) is 31.1 Å². The number of anilines is 1. The smallest absolute Gasteiger partial charge is 0.227 e. The van der Waals surface area contributed by atoms with Gasteiger partial charge in [0.15, 0.2) is 0 Å². The van der Waals surface area contributed by atoms with Crippen molar-refractivity contribution >= 4 is 11.6 Å². The molecule has 1 aliphatic heterocycles. The Bertz CT molecular complexity index is 476. The van der Waals surface area contributed by atoms with Crippen molar-refractivity contribution in [3.63, 3.8) is 0 Å². The molecule has 1 amide bonds. The maximum atomic E-state index is 12.0. The average molecular weight is 246 g/mol. The third-order valence-corrected chi connectivity index (χ3v) is 3.93. The van der Waals surface area contributed by atoms with Crippen molar-refractivity contribution in [1.82, 2.24) is 4.90 Å². The Kier molecular flexibility index (Phi) is 2.55. The maximum Gasteiger partial charge on any atom is 0.227 e. The molecule has 0 spiro atoms. The van der Waals surface area contributed by atoms with Crippen LogP contribution >= 0.6 is 0 Å². The van der Waals surface area contributed by atoms with E-state index >= 15 is 0 Å². The molecule has 0 bridgehead atoms. The minimum Gasteiger partial charge on any atom is -0.399 e. The molecule has 0 aromatic heterocycles. The first-order chi connectivity index (χ1) is 8.57. The molecule has 0 radical (unpaired) electrons. The molecule has 96 valence electrons. The molecule has 2 aliphatic rings. The van der Waals surface area contributed by atoms with Gasteiger partial charge in [-0.2, -0.15) is 0 Å². The zero-order chi connectivity index (χ0) is 12.8.